The number of ether oxygens (including phenoxy) is 1. The predicted molar refractivity (Wildman–Crippen MR) is 75.9 cm³/mol. The Morgan fingerprint density at radius 1 is 1.39 bits per heavy atom. The van der Waals surface area contributed by atoms with Crippen molar-refractivity contribution in [3.63, 3.8) is 0 Å². The van der Waals surface area contributed by atoms with Crippen LogP contribution in [0.25, 0.3) is 0 Å². The third-order valence-corrected chi connectivity index (χ3v) is 5.03. The Balaban J connectivity index is 1.97. The fourth-order valence-electron chi connectivity index (χ4n) is 3.29. The fraction of sp³-hybridized carbons (Fsp3) is 1.00. The maximum atomic E-state index is 5.80. The molecule has 0 radical (unpaired) electrons. The highest BCUT2D eigenvalue weighted by Gasteiger charge is 2.41. The second-order valence-corrected chi connectivity index (χ2v) is 6.49. The first-order chi connectivity index (χ1) is 8.60. The van der Waals surface area contributed by atoms with Crippen molar-refractivity contribution in [1.82, 2.24) is 10.2 Å². The zero-order valence-electron chi connectivity index (χ0n) is 12.5. The average Bonchev–Trinajstić information content (AvgIpc) is 2.33. The summed E-state index contributed by atoms with van der Waals surface area (Å²) < 4.78 is 5.80. The summed E-state index contributed by atoms with van der Waals surface area (Å²) in [5, 5.41) is 3.71. The fourth-order valence-corrected chi connectivity index (χ4v) is 3.29. The van der Waals surface area contributed by atoms with Crippen LogP contribution in [-0.2, 0) is 4.74 Å². The number of hydrogen-bond acceptors (Lipinski definition) is 3. The standard InChI is InChI=1S/C15H30N2O/c1-5-13-9-16-14(12(2)3)10-17(13)11-15(18-4)7-6-8-15/h12-14,16H,5-11H2,1-4H3. The van der Waals surface area contributed by atoms with Crippen LogP contribution in [0.3, 0.4) is 0 Å². The van der Waals surface area contributed by atoms with Crippen molar-refractivity contribution in [2.24, 2.45) is 5.92 Å². The van der Waals surface area contributed by atoms with Gasteiger partial charge >= 0.3 is 0 Å². The summed E-state index contributed by atoms with van der Waals surface area (Å²) in [6.45, 7) is 10.4. The van der Waals surface area contributed by atoms with Crippen LogP contribution < -0.4 is 5.32 Å². The molecule has 2 aliphatic rings. The minimum absolute atomic E-state index is 0.173. The molecule has 106 valence electrons. The Kier molecular flexibility index (Phi) is 4.68. The average molecular weight is 254 g/mol. The van der Waals surface area contributed by atoms with Crippen molar-refractivity contribution in [2.45, 2.75) is 64.1 Å². The first kappa shape index (κ1) is 14.3. The molecule has 2 fully saturated rings. The second-order valence-electron chi connectivity index (χ2n) is 6.49. The van der Waals surface area contributed by atoms with Crippen molar-refractivity contribution in [3.8, 4) is 0 Å². The van der Waals surface area contributed by atoms with Gasteiger partial charge in [-0.25, -0.2) is 0 Å². The molecule has 0 aromatic heterocycles. The Bertz CT molecular complexity index is 258. The van der Waals surface area contributed by atoms with Crippen LogP contribution >= 0.6 is 0 Å². The van der Waals surface area contributed by atoms with Gasteiger partial charge in [0, 0.05) is 38.8 Å². The topological polar surface area (TPSA) is 24.5 Å². The van der Waals surface area contributed by atoms with E-state index >= 15 is 0 Å². The van der Waals surface area contributed by atoms with Crippen LogP contribution in [0, 0.1) is 5.92 Å². The van der Waals surface area contributed by atoms with Crippen LogP contribution in [0.15, 0.2) is 0 Å². The van der Waals surface area contributed by atoms with Gasteiger partial charge in [0.2, 0.25) is 0 Å². The monoisotopic (exact) mass is 254 g/mol. The van der Waals surface area contributed by atoms with E-state index in [1.54, 1.807) is 0 Å². The summed E-state index contributed by atoms with van der Waals surface area (Å²) in [6.07, 6.45) is 5.06. The SMILES string of the molecule is CCC1CNC(C(C)C)CN1CC1(OC)CCC1. The Hall–Kier alpha value is -0.120. The number of nitrogens with one attached hydrogen (secondary N) is 1. The molecule has 2 rings (SSSR count). The van der Waals surface area contributed by atoms with Crippen LogP contribution in [0.2, 0.25) is 0 Å². The molecule has 1 saturated carbocycles. The molecule has 18 heavy (non-hydrogen) atoms. The molecule has 1 N–H and O–H groups in total. The summed E-state index contributed by atoms with van der Waals surface area (Å²) in [6, 6.07) is 1.33. The van der Waals surface area contributed by atoms with E-state index in [0.29, 0.717) is 18.0 Å². The maximum absolute atomic E-state index is 5.80. The first-order valence-corrected chi connectivity index (χ1v) is 7.63. The van der Waals surface area contributed by atoms with E-state index in [1.807, 2.05) is 7.11 Å². The summed E-state index contributed by atoms with van der Waals surface area (Å²) in [4.78, 5) is 2.68. The highest BCUT2D eigenvalue weighted by atomic mass is 16.5. The summed E-state index contributed by atoms with van der Waals surface area (Å²) in [5.41, 5.74) is 0.173. The quantitative estimate of drug-likeness (QED) is 0.814. The van der Waals surface area contributed by atoms with E-state index in [0.717, 1.165) is 13.1 Å². The predicted octanol–water partition coefficient (Wildman–Crippen LogP) is 2.26. The Labute approximate surface area is 112 Å². The Morgan fingerprint density at radius 3 is 2.56 bits per heavy atom. The lowest BCUT2D eigenvalue weighted by Gasteiger charge is -2.49. The van der Waals surface area contributed by atoms with E-state index in [9.17, 15) is 0 Å². The number of piperazine rings is 1. The minimum Gasteiger partial charge on any atom is -0.377 e. The van der Waals surface area contributed by atoms with Gasteiger partial charge in [-0.05, 0) is 31.6 Å². The van der Waals surface area contributed by atoms with Crippen LogP contribution in [-0.4, -0.2) is 49.3 Å². The van der Waals surface area contributed by atoms with E-state index in [1.165, 1.54) is 32.2 Å². The third kappa shape index (κ3) is 2.89. The van der Waals surface area contributed by atoms with E-state index < -0.39 is 0 Å². The van der Waals surface area contributed by atoms with Crippen molar-refractivity contribution in [2.75, 3.05) is 26.7 Å². The van der Waals surface area contributed by atoms with Gasteiger partial charge in [-0.3, -0.25) is 4.90 Å². The van der Waals surface area contributed by atoms with Gasteiger partial charge in [0.05, 0.1) is 5.60 Å². The molecule has 1 saturated heterocycles. The smallest absolute Gasteiger partial charge is 0.0805 e. The van der Waals surface area contributed by atoms with Gasteiger partial charge in [0.25, 0.3) is 0 Å². The lowest BCUT2D eigenvalue weighted by molar-refractivity contribution is -0.103. The molecule has 3 nitrogen and oxygen atoms in total. The van der Waals surface area contributed by atoms with Gasteiger partial charge in [-0.15, -0.1) is 0 Å². The number of nitrogens with zero attached hydrogens (tertiary/aromatic N) is 1. The third-order valence-electron chi connectivity index (χ3n) is 5.03. The summed E-state index contributed by atoms with van der Waals surface area (Å²) in [7, 11) is 1.89. The summed E-state index contributed by atoms with van der Waals surface area (Å²) in [5.74, 6) is 0.713. The lowest BCUT2D eigenvalue weighted by atomic mass is 9.79. The molecule has 0 spiro atoms. The van der Waals surface area contributed by atoms with Gasteiger partial charge in [-0.1, -0.05) is 20.8 Å². The molecule has 1 heterocycles. The molecule has 0 aromatic rings. The van der Waals surface area contributed by atoms with Crippen molar-refractivity contribution in [3.05, 3.63) is 0 Å². The van der Waals surface area contributed by atoms with Gasteiger partial charge in [0.1, 0.15) is 0 Å². The molecule has 2 unspecified atom stereocenters. The minimum atomic E-state index is 0.173. The van der Waals surface area contributed by atoms with Gasteiger partial charge < -0.3 is 10.1 Å². The van der Waals surface area contributed by atoms with Crippen LogP contribution in [0.5, 0.6) is 0 Å². The van der Waals surface area contributed by atoms with Crippen LogP contribution in [0.4, 0.5) is 0 Å². The molecular formula is C15H30N2O. The summed E-state index contributed by atoms with van der Waals surface area (Å²) >= 11 is 0. The molecule has 1 aliphatic heterocycles. The highest BCUT2D eigenvalue weighted by Crippen LogP contribution is 2.36. The van der Waals surface area contributed by atoms with Crippen molar-refractivity contribution in [1.29, 1.82) is 0 Å². The first-order valence-electron chi connectivity index (χ1n) is 7.63. The molecule has 0 amide bonds. The van der Waals surface area contributed by atoms with E-state index in [2.05, 4.69) is 31.0 Å². The van der Waals surface area contributed by atoms with Crippen molar-refractivity contribution < 1.29 is 4.74 Å². The largest absolute Gasteiger partial charge is 0.377 e. The molecule has 0 aromatic carbocycles. The number of methoxy groups -OCH3 is 1. The van der Waals surface area contributed by atoms with Crippen LogP contribution in [0.1, 0.15) is 46.5 Å². The highest BCUT2D eigenvalue weighted by molar-refractivity contribution is 4.96. The van der Waals surface area contributed by atoms with E-state index in [4.69, 9.17) is 4.74 Å². The molecule has 3 heteroatoms. The molecular weight excluding hydrogens is 224 g/mol. The zero-order valence-corrected chi connectivity index (χ0v) is 12.5. The Morgan fingerprint density at radius 2 is 2.11 bits per heavy atom. The normalized spacial score (nSPS) is 32.5. The number of hydrogen-bond donors (Lipinski definition) is 1. The van der Waals surface area contributed by atoms with Crippen molar-refractivity contribution >= 4 is 0 Å². The number of rotatable bonds is 5. The molecule has 1 aliphatic carbocycles. The van der Waals surface area contributed by atoms with Gasteiger partial charge in [-0.2, -0.15) is 0 Å². The molecule has 0 bridgehead atoms. The van der Waals surface area contributed by atoms with Gasteiger partial charge in [0.15, 0.2) is 0 Å². The zero-order chi connectivity index (χ0) is 13.2. The lowest BCUT2D eigenvalue weighted by Crippen LogP contribution is -2.62. The second kappa shape index (κ2) is 5.89. The maximum Gasteiger partial charge on any atom is 0.0805 e. The van der Waals surface area contributed by atoms with E-state index in [-0.39, 0.29) is 5.60 Å². The molecule has 2 atom stereocenters.